The van der Waals surface area contributed by atoms with E-state index in [0.717, 1.165) is 19.4 Å². The topological polar surface area (TPSA) is 46.3 Å². The highest BCUT2D eigenvalue weighted by molar-refractivity contribution is 5.74. The summed E-state index contributed by atoms with van der Waals surface area (Å²) in [5.74, 6) is 0.877. The lowest BCUT2D eigenvalue weighted by Gasteiger charge is -2.38. The van der Waals surface area contributed by atoms with Crippen LogP contribution in [0.4, 0.5) is 0 Å². The van der Waals surface area contributed by atoms with E-state index in [1.165, 1.54) is 19.3 Å². The van der Waals surface area contributed by atoms with Gasteiger partial charge in [0.2, 0.25) is 5.91 Å². The van der Waals surface area contributed by atoms with E-state index in [1.54, 1.807) is 6.92 Å². The van der Waals surface area contributed by atoms with Crippen molar-refractivity contribution < 1.29 is 4.79 Å². The second kappa shape index (κ2) is 3.89. The Morgan fingerprint density at radius 3 is 2.57 bits per heavy atom. The molecule has 1 saturated carbocycles. The molecule has 1 heterocycles. The number of carbonyl (C=O) groups excluding carboxylic acids is 1. The largest absolute Gasteiger partial charge is 0.338 e. The third-order valence-electron chi connectivity index (χ3n) is 3.84. The number of amides is 1. The van der Waals surface area contributed by atoms with Crippen molar-refractivity contribution in [1.82, 2.24) is 4.90 Å². The van der Waals surface area contributed by atoms with Crippen LogP contribution in [0.25, 0.3) is 0 Å². The molecule has 2 atom stereocenters. The van der Waals surface area contributed by atoms with Gasteiger partial charge in [0.15, 0.2) is 0 Å². The highest BCUT2D eigenvalue weighted by Gasteiger charge is 2.37. The van der Waals surface area contributed by atoms with Gasteiger partial charge in [-0.1, -0.05) is 6.42 Å². The minimum atomic E-state index is 0.197. The Morgan fingerprint density at radius 1 is 1.36 bits per heavy atom. The van der Waals surface area contributed by atoms with Crippen molar-refractivity contribution in [3.63, 3.8) is 0 Å². The molecule has 3 heteroatoms. The standard InChI is InChI=1S/C11H20N2O/c1-8(14)13-7-3-6-10(13)11(12)9-4-2-5-9/h9-11H,2-7,12H2,1H3. The van der Waals surface area contributed by atoms with Crippen LogP contribution in [0.5, 0.6) is 0 Å². The van der Waals surface area contributed by atoms with Gasteiger partial charge in [-0.25, -0.2) is 0 Å². The average Bonchev–Trinajstić information content (AvgIpc) is 2.47. The van der Waals surface area contributed by atoms with Crippen molar-refractivity contribution >= 4 is 5.91 Å². The number of nitrogens with zero attached hydrogens (tertiary/aromatic N) is 1. The molecule has 2 aliphatic rings. The molecule has 1 amide bonds. The van der Waals surface area contributed by atoms with Gasteiger partial charge >= 0.3 is 0 Å². The molecule has 0 spiro atoms. The highest BCUT2D eigenvalue weighted by atomic mass is 16.2. The van der Waals surface area contributed by atoms with Crippen molar-refractivity contribution in [2.45, 2.75) is 51.1 Å². The van der Waals surface area contributed by atoms with Crippen molar-refractivity contribution in [2.75, 3.05) is 6.54 Å². The predicted molar refractivity (Wildman–Crippen MR) is 55.7 cm³/mol. The minimum absolute atomic E-state index is 0.197. The molecular formula is C11H20N2O. The summed E-state index contributed by atoms with van der Waals surface area (Å²) in [5.41, 5.74) is 6.22. The quantitative estimate of drug-likeness (QED) is 0.719. The van der Waals surface area contributed by atoms with Gasteiger partial charge in [0.25, 0.3) is 0 Å². The molecule has 2 unspecified atom stereocenters. The number of likely N-dealkylation sites (tertiary alicyclic amines) is 1. The molecule has 14 heavy (non-hydrogen) atoms. The summed E-state index contributed by atoms with van der Waals surface area (Å²) in [7, 11) is 0. The number of nitrogens with two attached hydrogens (primary N) is 1. The average molecular weight is 196 g/mol. The summed E-state index contributed by atoms with van der Waals surface area (Å²) >= 11 is 0. The van der Waals surface area contributed by atoms with Gasteiger partial charge in [0, 0.05) is 25.6 Å². The molecule has 3 nitrogen and oxygen atoms in total. The first-order valence-corrected chi connectivity index (χ1v) is 5.73. The Bertz CT molecular complexity index is 225. The first-order valence-electron chi connectivity index (χ1n) is 5.73. The molecule has 2 N–H and O–H groups in total. The van der Waals surface area contributed by atoms with Crippen LogP contribution in [-0.2, 0) is 4.79 Å². The molecule has 2 rings (SSSR count). The van der Waals surface area contributed by atoms with Crippen LogP contribution in [0, 0.1) is 5.92 Å². The van der Waals surface area contributed by atoms with Gasteiger partial charge in [0.05, 0.1) is 0 Å². The number of carbonyl (C=O) groups is 1. The molecule has 0 bridgehead atoms. The Hall–Kier alpha value is -0.570. The van der Waals surface area contributed by atoms with E-state index < -0.39 is 0 Å². The van der Waals surface area contributed by atoms with Gasteiger partial charge in [-0.3, -0.25) is 4.79 Å². The molecular weight excluding hydrogens is 176 g/mol. The number of hydrogen-bond acceptors (Lipinski definition) is 2. The van der Waals surface area contributed by atoms with Crippen molar-refractivity contribution in [1.29, 1.82) is 0 Å². The lowest BCUT2D eigenvalue weighted by molar-refractivity contribution is -0.130. The molecule has 0 aromatic heterocycles. The van der Waals surface area contributed by atoms with Gasteiger partial charge in [0.1, 0.15) is 0 Å². The summed E-state index contributed by atoms with van der Waals surface area (Å²) in [6, 6.07) is 0.563. The zero-order chi connectivity index (χ0) is 10.1. The summed E-state index contributed by atoms with van der Waals surface area (Å²) in [6.07, 6.45) is 6.10. The normalized spacial score (nSPS) is 30.1. The van der Waals surface area contributed by atoms with E-state index in [2.05, 4.69) is 0 Å². The first kappa shape index (κ1) is 9.97. The van der Waals surface area contributed by atoms with Crippen LogP contribution in [0.3, 0.4) is 0 Å². The smallest absolute Gasteiger partial charge is 0.219 e. The molecule has 2 fully saturated rings. The Kier molecular flexibility index (Phi) is 2.77. The second-order valence-corrected chi connectivity index (χ2v) is 4.69. The van der Waals surface area contributed by atoms with Crippen molar-refractivity contribution in [3.8, 4) is 0 Å². The van der Waals surface area contributed by atoms with Crippen molar-refractivity contribution in [3.05, 3.63) is 0 Å². The molecule has 0 aromatic rings. The van der Waals surface area contributed by atoms with Crippen LogP contribution in [-0.4, -0.2) is 29.4 Å². The Morgan fingerprint density at radius 2 is 2.07 bits per heavy atom. The lowest BCUT2D eigenvalue weighted by Crippen LogP contribution is -2.51. The van der Waals surface area contributed by atoms with E-state index in [4.69, 9.17) is 5.73 Å². The van der Waals surface area contributed by atoms with E-state index in [1.807, 2.05) is 4.90 Å². The second-order valence-electron chi connectivity index (χ2n) is 4.69. The van der Waals surface area contributed by atoms with Gasteiger partial charge < -0.3 is 10.6 Å². The van der Waals surface area contributed by atoms with Gasteiger partial charge in [-0.2, -0.15) is 0 Å². The molecule has 1 aliphatic heterocycles. The maximum absolute atomic E-state index is 11.4. The number of hydrogen-bond donors (Lipinski definition) is 1. The van der Waals surface area contributed by atoms with E-state index in [9.17, 15) is 4.79 Å². The third-order valence-corrected chi connectivity index (χ3v) is 3.84. The zero-order valence-corrected chi connectivity index (χ0v) is 8.91. The summed E-state index contributed by atoms with van der Waals surface area (Å²) in [6.45, 7) is 2.58. The fraction of sp³-hybridized carbons (Fsp3) is 0.909. The van der Waals surface area contributed by atoms with Crippen LogP contribution in [0.15, 0.2) is 0 Å². The highest BCUT2D eigenvalue weighted by Crippen LogP contribution is 2.33. The molecule has 1 saturated heterocycles. The fourth-order valence-electron chi connectivity index (χ4n) is 2.72. The van der Waals surface area contributed by atoms with Gasteiger partial charge in [-0.05, 0) is 31.6 Å². The van der Waals surface area contributed by atoms with Crippen LogP contribution < -0.4 is 5.73 Å². The van der Waals surface area contributed by atoms with Crippen LogP contribution >= 0.6 is 0 Å². The first-order chi connectivity index (χ1) is 6.70. The van der Waals surface area contributed by atoms with E-state index >= 15 is 0 Å². The Balaban J connectivity index is 1.97. The SMILES string of the molecule is CC(=O)N1CCCC1C(N)C1CCC1. The predicted octanol–water partition coefficient (Wildman–Crippen LogP) is 1.12. The summed E-state index contributed by atoms with van der Waals surface area (Å²) in [4.78, 5) is 13.3. The number of rotatable bonds is 2. The van der Waals surface area contributed by atoms with E-state index in [0.29, 0.717) is 12.0 Å². The molecule has 0 radical (unpaired) electrons. The zero-order valence-electron chi connectivity index (χ0n) is 8.91. The maximum atomic E-state index is 11.4. The fourth-order valence-corrected chi connectivity index (χ4v) is 2.72. The molecule has 0 aromatic carbocycles. The molecule has 1 aliphatic carbocycles. The Labute approximate surface area is 85.6 Å². The minimum Gasteiger partial charge on any atom is -0.338 e. The van der Waals surface area contributed by atoms with Crippen molar-refractivity contribution in [2.24, 2.45) is 11.7 Å². The lowest BCUT2D eigenvalue weighted by atomic mass is 9.77. The summed E-state index contributed by atoms with van der Waals surface area (Å²) in [5, 5.41) is 0. The molecule has 80 valence electrons. The third kappa shape index (κ3) is 1.65. The van der Waals surface area contributed by atoms with Crippen LogP contribution in [0.2, 0.25) is 0 Å². The maximum Gasteiger partial charge on any atom is 0.219 e. The van der Waals surface area contributed by atoms with Crippen LogP contribution in [0.1, 0.15) is 39.0 Å². The monoisotopic (exact) mass is 196 g/mol. The van der Waals surface area contributed by atoms with Gasteiger partial charge in [-0.15, -0.1) is 0 Å². The summed E-state index contributed by atoms with van der Waals surface area (Å²) < 4.78 is 0. The van der Waals surface area contributed by atoms with E-state index in [-0.39, 0.29) is 11.9 Å².